The van der Waals surface area contributed by atoms with Crippen LogP contribution in [-0.2, 0) is 16.8 Å². The van der Waals surface area contributed by atoms with E-state index in [1.807, 2.05) is 12.1 Å². The monoisotopic (exact) mass is 445 g/mol. The number of hydrogen-bond acceptors (Lipinski definition) is 5. The topological polar surface area (TPSA) is 47.9 Å². The highest BCUT2D eigenvalue weighted by atomic mass is 16.5. The van der Waals surface area contributed by atoms with Crippen LogP contribution in [0.5, 0.6) is 11.5 Å². The van der Waals surface area contributed by atoms with Crippen LogP contribution in [0.4, 0.5) is 5.69 Å². The van der Waals surface area contributed by atoms with Crippen molar-refractivity contribution in [3.8, 4) is 17.2 Å². The summed E-state index contributed by atoms with van der Waals surface area (Å²) in [5.74, 6) is 1.79. The van der Waals surface area contributed by atoms with Crippen LogP contribution in [0.15, 0.2) is 60.8 Å². The maximum Gasteiger partial charge on any atom is 0.121 e. The molecule has 1 aromatic heterocycles. The quantitative estimate of drug-likeness (QED) is 0.638. The van der Waals surface area contributed by atoms with Crippen LogP contribution >= 0.6 is 0 Å². The van der Waals surface area contributed by atoms with Gasteiger partial charge >= 0.3 is 0 Å². The third kappa shape index (κ3) is 3.49. The van der Waals surface area contributed by atoms with Gasteiger partial charge in [-0.3, -0.25) is 4.90 Å². The highest BCUT2D eigenvalue weighted by Gasteiger charge is 2.53. The third-order valence-electron chi connectivity index (χ3n) is 7.63. The Morgan fingerprint density at radius 3 is 2.61 bits per heavy atom. The lowest BCUT2D eigenvalue weighted by atomic mass is 9.79. The Bertz CT molecular complexity index is 1160. The molecule has 0 radical (unpaired) electrons. The molecule has 2 saturated heterocycles. The Hall–Kier alpha value is -2.96. The second-order valence-corrected chi connectivity index (χ2v) is 9.63. The Morgan fingerprint density at radius 2 is 1.79 bits per heavy atom. The minimum absolute atomic E-state index is 0.0800. The van der Waals surface area contributed by atoms with Crippen LogP contribution < -0.4 is 14.8 Å². The first-order chi connectivity index (χ1) is 16.1. The van der Waals surface area contributed by atoms with Crippen LogP contribution in [0, 0.1) is 0 Å². The van der Waals surface area contributed by atoms with Crippen molar-refractivity contribution in [2.75, 3.05) is 39.2 Å². The number of nitrogens with one attached hydrogen (secondary N) is 1. The lowest BCUT2D eigenvalue weighted by Gasteiger charge is -2.41. The molecule has 172 valence electrons. The van der Waals surface area contributed by atoms with Gasteiger partial charge in [-0.1, -0.05) is 12.1 Å². The van der Waals surface area contributed by atoms with Gasteiger partial charge in [-0.2, -0.15) is 0 Å². The molecule has 6 heteroatoms. The molecule has 2 fully saturated rings. The molecule has 3 aliphatic heterocycles. The minimum Gasteiger partial charge on any atom is -0.497 e. The van der Waals surface area contributed by atoms with Gasteiger partial charge in [0.25, 0.3) is 0 Å². The summed E-state index contributed by atoms with van der Waals surface area (Å²) in [5.41, 5.74) is 4.56. The summed E-state index contributed by atoms with van der Waals surface area (Å²) in [5, 5.41) is 3.87. The number of aromatic nitrogens is 1. The average Bonchev–Trinajstić information content (AvgIpc) is 3.48. The van der Waals surface area contributed by atoms with Crippen molar-refractivity contribution in [2.24, 2.45) is 0 Å². The highest BCUT2D eigenvalue weighted by molar-refractivity contribution is 5.69. The molecule has 0 aliphatic carbocycles. The van der Waals surface area contributed by atoms with Crippen LogP contribution in [0.25, 0.3) is 5.69 Å². The van der Waals surface area contributed by atoms with Crippen LogP contribution in [-0.4, -0.2) is 49.0 Å². The number of benzene rings is 2. The van der Waals surface area contributed by atoms with Gasteiger partial charge < -0.3 is 24.1 Å². The molecule has 4 heterocycles. The average molecular weight is 446 g/mol. The van der Waals surface area contributed by atoms with E-state index in [2.05, 4.69) is 63.4 Å². The highest BCUT2D eigenvalue weighted by Crippen LogP contribution is 2.50. The standard InChI is InChI=1S/C27H31N3O3/c1-31-21-6-3-5-20(15-21)17-29-13-10-26(11-14-29)18-27(19-33-26)25-7-4-12-30(25)24-9-8-22(32-2)16-23(24)28-27/h3-9,12,15-16,28H,10-11,13-14,17-19H2,1-2H3/t27-/m1/s1. The molecule has 6 rings (SSSR count). The summed E-state index contributed by atoms with van der Waals surface area (Å²) in [4.78, 5) is 2.53. The van der Waals surface area contributed by atoms with Gasteiger partial charge in [0.15, 0.2) is 0 Å². The van der Waals surface area contributed by atoms with Gasteiger partial charge in [0.1, 0.15) is 17.0 Å². The van der Waals surface area contributed by atoms with Crippen molar-refractivity contribution in [1.82, 2.24) is 9.47 Å². The van der Waals surface area contributed by atoms with E-state index >= 15 is 0 Å². The SMILES string of the molecule is COc1cccc(CN2CCC3(CC2)C[C@]2(CO3)Nc3cc(OC)ccc3-n3cccc32)c1. The molecule has 2 spiro atoms. The maximum absolute atomic E-state index is 6.65. The minimum atomic E-state index is -0.210. The van der Waals surface area contributed by atoms with Crippen molar-refractivity contribution in [3.63, 3.8) is 0 Å². The predicted octanol–water partition coefficient (Wildman–Crippen LogP) is 4.57. The van der Waals surface area contributed by atoms with Gasteiger partial charge in [-0.15, -0.1) is 0 Å². The fourth-order valence-electron chi connectivity index (χ4n) is 5.90. The summed E-state index contributed by atoms with van der Waals surface area (Å²) in [7, 11) is 3.44. The maximum atomic E-state index is 6.65. The third-order valence-corrected chi connectivity index (χ3v) is 7.63. The van der Waals surface area contributed by atoms with Crippen LogP contribution in [0.2, 0.25) is 0 Å². The van der Waals surface area contributed by atoms with E-state index in [1.165, 1.54) is 11.3 Å². The van der Waals surface area contributed by atoms with Crippen molar-refractivity contribution >= 4 is 5.69 Å². The second-order valence-electron chi connectivity index (χ2n) is 9.63. The van der Waals surface area contributed by atoms with Gasteiger partial charge in [-0.05, 0) is 54.8 Å². The number of hydrogen-bond donors (Lipinski definition) is 1. The van der Waals surface area contributed by atoms with E-state index in [-0.39, 0.29) is 11.1 Å². The number of likely N-dealkylation sites (tertiary alicyclic amines) is 1. The second kappa shape index (κ2) is 7.82. The largest absolute Gasteiger partial charge is 0.497 e. The molecule has 0 bridgehead atoms. The first-order valence-electron chi connectivity index (χ1n) is 11.8. The zero-order valence-electron chi connectivity index (χ0n) is 19.3. The number of nitrogens with zero attached hydrogens (tertiary/aromatic N) is 2. The zero-order chi connectivity index (χ0) is 22.5. The number of piperidine rings is 1. The molecule has 0 saturated carbocycles. The first-order valence-corrected chi connectivity index (χ1v) is 11.8. The van der Waals surface area contributed by atoms with Crippen LogP contribution in [0.3, 0.4) is 0 Å². The molecule has 1 atom stereocenters. The van der Waals surface area contributed by atoms with Gasteiger partial charge in [0, 0.05) is 38.3 Å². The van der Waals surface area contributed by atoms with Crippen molar-refractivity contribution in [1.29, 1.82) is 0 Å². The lowest BCUT2D eigenvalue weighted by molar-refractivity contribution is -0.0451. The number of rotatable bonds is 4. The summed E-state index contributed by atoms with van der Waals surface area (Å²) in [6.45, 7) is 3.72. The molecule has 0 amide bonds. The Morgan fingerprint density at radius 1 is 0.970 bits per heavy atom. The van der Waals surface area contributed by atoms with Gasteiger partial charge in [0.2, 0.25) is 0 Å². The fourth-order valence-corrected chi connectivity index (χ4v) is 5.90. The van der Waals surface area contributed by atoms with E-state index in [1.54, 1.807) is 14.2 Å². The van der Waals surface area contributed by atoms with Crippen molar-refractivity contribution < 1.29 is 14.2 Å². The van der Waals surface area contributed by atoms with Gasteiger partial charge in [0.05, 0.1) is 43.5 Å². The van der Waals surface area contributed by atoms with Crippen molar-refractivity contribution in [2.45, 2.75) is 36.9 Å². The normalized spacial score (nSPS) is 23.2. The number of methoxy groups -OCH3 is 2. The lowest BCUT2D eigenvalue weighted by Crippen LogP contribution is -2.46. The van der Waals surface area contributed by atoms with Crippen LogP contribution in [0.1, 0.15) is 30.5 Å². The summed E-state index contributed by atoms with van der Waals surface area (Å²) >= 11 is 0. The number of anilines is 1. The molecule has 6 nitrogen and oxygen atoms in total. The molecular weight excluding hydrogens is 414 g/mol. The smallest absolute Gasteiger partial charge is 0.121 e. The zero-order valence-corrected chi connectivity index (χ0v) is 19.3. The van der Waals surface area contributed by atoms with E-state index in [0.29, 0.717) is 6.61 Å². The first kappa shape index (κ1) is 20.6. The molecule has 3 aliphatic rings. The Kier molecular flexibility index (Phi) is 4.89. The van der Waals surface area contributed by atoms with E-state index in [4.69, 9.17) is 14.2 Å². The molecule has 33 heavy (non-hydrogen) atoms. The molecule has 0 unspecified atom stereocenters. The summed E-state index contributed by atoms with van der Waals surface area (Å²) < 4.78 is 19.8. The van der Waals surface area contributed by atoms with E-state index in [0.717, 1.165) is 61.8 Å². The Balaban J connectivity index is 1.20. The summed E-state index contributed by atoms with van der Waals surface area (Å²) in [6.07, 6.45) is 5.23. The number of fused-ring (bicyclic) bond motifs is 4. The molecular formula is C27H31N3O3. The van der Waals surface area contributed by atoms with E-state index in [9.17, 15) is 0 Å². The van der Waals surface area contributed by atoms with Crippen molar-refractivity contribution in [3.05, 3.63) is 72.1 Å². The number of ether oxygens (including phenoxy) is 3. The van der Waals surface area contributed by atoms with E-state index < -0.39 is 0 Å². The van der Waals surface area contributed by atoms with Gasteiger partial charge in [-0.25, -0.2) is 0 Å². The summed E-state index contributed by atoms with van der Waals surface area (Å²) in [6, 6.07) is 19.0. The fraction of sp³-hybridized carbons (Fsp3) is 0.407. The molecule has 1 N–H and O–H groups in total. The Labute approximate surface area is 195 Å². The predicted molar refractivity (Wildman–Crippen MR) is 128 cm³/mol. The molecule has 2 aromatic carbocycles. The molecule has 3 aromatic rings.